The highest BCUT2D eigenvalue weighted by atomic mass is 19.4. The van der Waals surface area contributed by atoms with Crippen LogP contribution in [-0.4, -0.2) is 49.6 Å². The summed E-state index contributed by atoms with van der Waals surface area (Å²) >= 11 is 0. The Balaban J connectivity index is 1.81. The molecule has 2 saturated heterocycles. The Morgan fingerprint density at radius 3 is 2.27 bits per heavy atom. The van der Waals surface area contributed by atoms with E-state index in [2.05, 4.69) is 6.07 Å². The third-order valence-corrected chi connectivity index (χ3v) is 5.28. The minimum atomic E-state index is -4.88. The minimum Gasteiger partial charge on any atom is -0.343 e. The molecular formula is C19H18F6N4O. The fraction of sp³-hybridized carbons (Fsp3) is 0.579. The molecule has 5 nitrogen and oxygen atoms in total. The standard InChI is InChI=1S/C19H18F6N4O/c20-18(21,22)16-7-14(2-1-13(16)9-27)29-11-15(30-17(29)19(23,24)25)10-28-5-3-12(8-26)4-6-28/h1-2,7,12,15,17H,3-6,10-11H2/t15?,17-/m1/s1. The van der Waals surface area contributed by atoms with E-state index in [0.29, 0.717) is 32.0 Å². The Morgan fingerprint density at radius 2 is 1.73 bits per heavy atom. The number of halogens is 6. The van der Waals surface area contributed by atoms with Crippen molar-refractivity contribution < 1.29 is 31.1 Å². The van der Waals surface area contributed by atoms with Crippen molar-refractivity contribution in [2.45, 2.75) is 37.5 Å². The van der Waals surface area contributed by atoms with Crippen LogP contribution in [0.3, 0.4) is 0 Å². The largest absolute Gasteiger partial charge is 0.433 e. The van der Waals surface area contributed by atoms with Crippen molar-refractivity contribution >= 4 is 5.69 Å². The molecule has 0 radical (unpaired) electrons. The topological polar surface area (TPSA) is 63.3 Å². The lowest BCUT2D eigenvalue weighted by Gasteiger charge is -2.30. The van der Waals surface area contributed by atoms with Crippen molar-refractivity contribution in [2.24, 2.45) is 5.92 Å². The van der Waals surface area contributed by atoms with Crippen molar-refractivity contribution in [3.8, 4) is 12.1 Å². The normalized spacial score (nSPS) is 23.9. The summed E-state index contributed by atoms with van der Waals surface area (Å²) in [6.45, 7) is 1.03. The highest BCUT2D eigenvalue weighted by Crippen LogP contribution is 2.39. The predicted octanol–water partition coefficient (Wildman–Crippen LogP) is 3.91. The number of nitrogens with zero attached hydrogens (tertiary/aromatic N) is 4. The maximum absolute atomic E-state index is 13.5. The molecular weight excluding hydrogens is 414 g/mol. The van der Waals surface area contributed by atoms with Crippen LogP contribution in [0.4, 0.5) is 32.0 Å². The van der Waals surface area contributed by atoms with Gasteiger partial charge in [0.05, 0.1) is 29.4 Å². The van der Waals surface area contributed by atoms with Crippen LogP contribution in [0.15, 0.2) is 18.2 Å². The highest BCUT2D eigenvalue weighted by Gasteiger charge is 2.51. The second kappa shape index (κ2) is 8.32. The minimum absolute atomic E-state index is 0.0791. The second-order valence-electron chi connectivity index (χ2n) is 7.35. The molecule has 0 spiro atoms. The first-order chi connectivity index (χ1) is 14.0. The molecule has 2 aliphatic heterocycles. The van der Waals surface area contributed by atoms with E-state index in [1.165, 1.54) is 6.07 Å². The smallest absolute Gasteiger partial charge is 0.343 e. The number of benzene rings is 1. The summed E-state index contributed by atoms with van der Waals surface area (Å²) in [6, 6.07) is 6.07. The van der Waals surface area contributed by atoms with Crippen LogP contribution in [0.5, 0.6) is 0 Å². The number of alkyl halides is 6. The third kappa shape index (κ3) is 4.79. The van der Waals surface area contributed by atoms with Gasteiger partial charge in [0, 0.05) is 24.7 Å². The molecule has 0 saturated carbocycles. The SMILES string of the molecule is N#Cc1ccc(N2CC(CN3CCC(C#N)CC3)O[C@@H]2C(F)(F)F)cc1C(F)(F)F. The second-order valence-corrected chi connectivity index (χ2v) is 7.35. The van der Waals surface area contributed by atoms with Crippen LogP contribution in [-0.2, 0) is 10.9 Å². The number of ether oxygens (including phenoxy) is 1. The van der Waals surface area contributed by atoms with Gasteiger partial charge in [-0.2, -0.15) is 36.9 Å². The maximum atomic E-state index is 13.5. The van der Waals surface area contributed by atoms with Crippen molar-refractivity contribution in [1.29, 1.82) is 10.5 Å². The van der Waals surface area contributed by atoms with Gasteiger partial charge in [-0.25, -0.2) is 0 Å². The summed E-state index contributed by atoms with van der Waals surface area (Å²) in [4.78, 5) is 2.65. The molecule has 1 aromatic rings. The first-order valence-corrected chi connectivity index (χ1v) is 9.25. The maximum Gasteiger partial charge on any atom is 0.433 e. The van der Waals surface area contributed by atoms with E-state index in [-0.39, 0.29) is 24.7 Å². The molecule has 2 atom stereocenters. The molecule has 2 aliphatic rings. The molecule has 162 valence electrons. The summed E-state index contributed by atoms with van der Waals surface area (Å²) < 4.78 is 85.5. The van der Waals surface area contributed by atoms with E-state index in [1.54, 1.807) is 0 Å². The Hall–Kier alpha value is -2.50. The summed E-state index contributed by atoms with van der Waals surface area (Å²) in [5.74, 6) is -0.0791. The zero-order valence-corrected chi connectivity index (χ0v) is 15.7. The van der Waals surface area contributed by atoms with Gasteiger partial charge in [-0.05, 0) is 44.1 Å². The molecule has 3 rings (SSSR count). The van der Waals surface area contributed by atoms with Gasteiger partial charge in [-0.3, -0.25) is 0 Å². The van der Waals surface area contributed by atoms with Crippen LogP contribution >= 0.6 is 0 Å². The van der Waals surface area contributed by atoms with E-state index in [1.807, 2.05) is 4.90 Å². The van der Waals surface area contributed by atoms with Crippen LogP contribution in [0.2, 0.25) is 0 Å². The van der Waals surface area contributed by atoms with Gasteiger partial charge in [0.25, 0.3) is 0 Å². The molecule has 0 aromatic heterocycles. The molecule has 11 heteroatoms. The van der Waals surface area contributed by atoms with Crippen LogP contribution in [0.1, 0.15) is 24.0 Å². The Bertz CT molecular complexity index is 849. The van der Waals surface area contributed by atoms with Crippen molar-refractivity contribution in [2.75, 3.05) is 31.1 Å². The third-order valence-electron chi connectivity index (χ3n) is 5.28. The lowest BCUT2D eigenvalue weighted by Crippen LogP contribution is -2.42. The Morgan fingerprint density at radius 1 is 1.07 bits per heavy atom. The highest BCUT2D eigenvalue weighted by molar-refractivity contribution is 5.56. The Kier molecular flexibility index (Phi) is 6.16. The van der Waals surface area contributed by atoms with E-state index < -0.39 is 35.8 Å². The molecule has 0 amide bonds. The predicted molar refractivity (Wildman–Crippen MR) is 93.0 cm³/mol. The lowest BCUT2D eigenvalue weighted by atomic mass is 9.98. The number of hydrogen-bond acceptors (Lipinski definition) is 5. The van der Waals surface area contributed by atoms with Crippen LogP contribution < -0.4 is 4.90 Å². The zero-order chi connectivity index (χ0) is 22.1. The molecule has 30 heavy (non-hydrogen) atoms. The zero-order valence-electron chi connectivity index (χ0n) is 15.7. The summed E-state index contributed by atoms with van der Waals surface area (Å²) in [7, 11) is 0. The summed E-state index contributed by atoms with van der Waals surface area (Å²) in [5, 5.41) is 17.8. The molecule has 0 aliphatic carbocycles. The van der Waals surface area contributed by atoms with Gasteiger partial charge in [0.2, 0.25) is 6.23 Å². The first kappa shape index (κ1) is 22.2. The summed E-state index contributed by atoms with van der Waals surface area (Å²) in [6.07, 6.45) is -11.7. The van der Waals surface area contributed by atoms with Gasteiger partial charge in [-0.1, -0.05) is 0 Å². The van der Waals surface area contributed by atoms with Gasteiger partial charge in [-0.15, -0.1) is 0 Å². The average Bonchev–Trinajstić information content (AvgIpc) is 3.11. The fourth-order valence-corrected chi connectivity index (χ4v) is 3.78. The van der Waals surface area contributed by atoms with Gasteiger partial charge < -0.3 is 14.5 Å². The van der Waals surface area contributed by atoms with Gasteiger partial charge in [0.1, 0.15) is 0 Å². The fourth-order valence-electron chi connectivity index (χ4n) is 3.78. The summed E-state index contributed by atoms with van der Waals surface area (Å²) in [5.41, 5.74) is -2.26. The lowest BCUT2D eigenvalue weighted by molar-refractivity contribution is -0.214. The number of rotatable bonds is 3. The van der Waals surface area contributed by atoms with Crippen molar-refractivity contribution in [1.82, 2.24) is 4.90 Å². The van der Waals surface area contributed by atoms with Crippen LogP contribution in [0.25, 0.3) is 0 Å². The quantitative estimate of drug-likeness (QED) is 0.678. The number of anilines is 1. The van der Waals surface area contributed by atoms with Crippen molar-refractivity contribution in [3.05, 3.63) is 29.3 Å². The van der Waals surface area contributed by atoms with Crippen LogP contribution in [0, 0.1) is 28.6 Å². The first-order valence-electron chi connectivity index (χ1n) is 9.25. The number of hydrogen-bond donors (Lipinski definition) is 0. The van der Waals surface area contributed by atoms with Gasteiger partial charge >= 0.3 is 12.4 Å². The molecule has 2 fully saturated rings. The molecule has 2 heterocycles. The van der Waals surface area contributed by atoms with Gasteiger partial charge in [0.15, 0.2) is 0 Å². The van der Waals surface area contributed by atoms with E-state index in [0.717, 1.165) is 17.0 Å². The number of piperidine rings is 1. The molecule has 0 N–H and O–H groups in total. The molecule has 1 unspecified atom stereocenters. The number of nitriles is 2. The monoisotopic (exact) mass is 432 g/mol. The van der Waals surface area contributed by atoms with E-state index in [4.69, 9.17) is 15.3 Å². The Labute approximate surface area is 169 Å². The molecule has 1 aromatic carbocycles. The van der Waals surface area contributed by atoms with E-state index >= 15 is 0 Å². The van der Waals surface area contributed by atoms with Crippen molar-refractivity contribution in [3.63, 3.8) is 0 Å². The number of likely N-dealkylation sites (tertiary alicyclic amines) is 1. The molecule has 0 bridgehead atoms. The average molecular weight is 432 g/mol. The van der Waals surface area contributed by atoms with E-state index in [9.17, 15) is 26.3 Å².